The normalized spacial score (nSPS) is 12.6. The van der Waals surface area contributed by atoms with E-state index >= 15 is 0 Å². The first-order valence-corrected chi connectivity index (χ1v) is 7.22. The van der Waals surface area contributed by atoms with Crippen LogP contribution in [0, 0.1) is 6.92 Å². The summed E-state index contributed by atoms with van der Waals surface area (Å²) in [4.78, 5) is 0. The molecule has 0 bridgehead atoms. The van der Waals surface area contributed by atoms with Gasteiger partial charge in [-0.05, 0) is 41.1 Å². The van der Waals surface area contributed by atoms with E-state index in [2.05, 4.69) is 15.5 Å². The fraction of sp³-hybridized carbons (Fsp3) is 0.364. The smallest absolute Gasteiger partial charge is 0.182 e. The van der Waals surface area contributed by atoms with Crippen molar-refractivity contribution in [3.63, 3.8) is 0 Å². The molecule has 1 heterocycles. The van der Waals surface area contributed by atoms with Crippen LogP contribution in [0.15, 0.2) is 18.2 Å². The first-order valence-electron chi connectivity index (χ1n) is 5.50. The summed E-state index contributed by atoms with van der Waals surface area (Å²) in [6.07, 6.45) is 1.66. The Morgan fingerprint density at radius 2 is 2.17 bits per heavy atom. The van der Waals surface area contributed by atoms with E-state index in [9.17, 15) is 4.21 Å². The second-order valence-electron chi connectivity index (χ2n) is 4.14. The van der Waals surface area contributed by atoms with E-state index in [4.69, 9.17) is 5.73 Å². The lowest BCUT2D eigenvalue weighted by Crippen LogP contribution is -2.09. The van der Waals surface area contributed by atoms with Gasteiger partial charge in [0.25, 0.3) is 0 Å². The van der Waals surface area contributed by atoms with Crippen molar-refractivity contribution in [2.45, 2.75) is 13.5 Å². The molecule has 0 amide bonds. The molecule has 0 spiro atoms. The van der Waals surface area contributed by atoms with E-state index in [1.807, 2.05) is 25.1 Å². The maximum Gasteiger partial charge on any atom is 0.182 e. The van der Waals surface area contributed by atoms with E-state index in [1.54, 1.807) is 10.9 Å². The maximum absolute atomic E-state index is 11.1. The van der Waals surface area contributed by atoms with E-state index < -0.39 is 10.8 Å². The van der Waals surface area contributed by atoms with Crippen molar-refractivity contribution in [2.75, 3.05) is 17.7 Å². The molecule has 1 atom stereocenters. The molecule has 0 aliphatic heterocycles. The Hall–Kier alpha value is -1.76. The van der Waals surface area contributed by atoms with Gasteiger partial charge in [0.05, 0.1) is 6.54 Å². The van der Waals surface area contributed by atoms with Crippen LogP contribution in [0.3, 0.4) is 0 Å². The Bertz CT molecular complexity index is 560. The molecular weight excluding hydrogens is 250 g/mol. The predicted molar refractivity (Wildman–Crippen MR) is 71.3 cm³/mol. The van der Waals surface area contributed by atoms with Gasteiger partial charge in [0.1, 0.15) is 0 Å². The van der Waals surface area contributed by atoms with Gasteiger partial charge in [-0.3, -0.25) is 4.21 Å². The molecule has 7 heteroatoms. The monoisotopic (exact) mass is 265 g/mol. The van der Waals surface area contributed by atoms with Crippen molar-refractivity contribution < 1.29 is 4.21 Å². The number of hydrogen-bond acceptors (Lipinski definition) is 5. The van der Waals surface area contributed by atoms with Crippen LogP contribution in [0.25, 0.3) is 11.4 Å². The van der Waals surface area contributed by atoms with Crippen LogP contribution in [0.1, 0.15) is 5.56 Å². The van der Waals surface area contributed by atoms with E-state index in [-0.39, 0.29) is 0 Å². The van der Waals surface area contributed by atoms with Gasteiger partial charge in [0.15, 0.2) is 5.82 Å². The van der Waals surface area contributed by atoms with Crippen molar-refractivity contribution in [3.05, 3.63) is 23.8 Å². The summed E-state index contributed by atoms with van der Waals surface area (Å²) in [6.45, 7) is 2.49. The van der Waals surface area contributed by atoms with Crippen LogP contribution < -0.4 is 5.73 Å². The molecule has 1 aromatic carbocycles. The lowest BCUT2D eigenvalue weighted by atomic mass is 10.1. The minimum atomic E-state index is -0.865. The molecule has 0 aliphatic rings. The van der Waals surface area contributed by atoms with Crippen LogP contribution in [0.5, 0.6) is 0 Å². The predicted octanol–water partition coefficient (Wildman–Crippen LogP) is 0.609. The lowest BCUT2D eigenvalue weighted by Gasteiger charge is -2.05. The number of nitrogens with zero attached hydrogens (tertiary/aromatic N) is 4. The van der Waals surface area contributed by atoms with Gasteiger partial charge in [0, 0.05) is 34.1 Å². The highest BCUT2D eigenvalue weighted by Crippen LogP contribution is 2.20. The number of nitrogen functional groups attached to an aromatic ring is 1. The van der Waals surface area contributed by atoms with Crippen molar-refractivity contribution in [3.8, 4) is 11.4 Å². The van der Waals surface area contributed by atoms with Gasteiger partial charge in [-0.2, -0.15) is 0 Å². The number of benzene rings is 1. The Morgan fingerprint density at radius 3 is 2.83 bits per heavy atom. The molecule has 0 saturated carbocycles. The Balaban J connectivity index is 2.33. The molecule has 0 saturated heterocycles. The number of tetrazole rings is 1. The van der Waals surface area contributed by atoms with Crippen LogP contribution in [0.4, 0.5) is 5.69 Å². The van der Waals surface area contributed by atoms with Gasteiger partial charge < -0.3 is 5.73 Å². The Kier molecular flexibility index (Phi) is 3.71. The van der Waals surface area contributed by atoms with Gasteiger partial charge in [-0.1, -0.05) is 0 Å². The molecule has 2 aromatic rings. The quantitative estimate of drug-likeness (QED) is 0.818. The Morgan fingerprint density at radius 1 is 1.39 bits per heavy atom. The second kappa shape index (κ2) is 5.26. The standard InChI is InChI=1S/C11H15N5OS/c1-8-5-9(7-10(12)6-8)11-13-14-15-16(11)3-4-18(2)17/h5-7H,3-4,12H2,1-2H3. The third kappa shape index (κ3) is 2.92. The molecule has 0 aliphatic carbocycles. The fourth-order valence-corrected chi connectivity index (χ4v) is 2.15. The van der Waals surface area contributed by atoms with Gasteiger partial charge >= 0.3 is 0 Å². The molecule has 0 radical (unpaired) electrons. The minimum Gasteiger partial charge on any atom is -0.399 e. The summed E-state index contributed by atoms with van der Waals surface area (Å²) >= 11 is 0. The van der Waals surface area contributed by atoms with Gasteiger partial charge in [-0.25, -0.2) is 4.68 Å². The lowest BCUT2D eigenvalue weighted by molar-refractivity contribution is 0.625. The summed E-state index contributed by atoms with van der Waals surface area (Å²) in [7, 11) is -0.865. The van der Waals surface area contributed by atoms with Crippen molar-refractivity contribution in [1.29, 1.82) is 0 Å². The molecule has 2 N–H and O–H groups in total. The number of aryl methyl sites for hydroxylation is 2. The average molecular weight is 265 g/mol. The highest BCUT2D eigenvalue weighted by atomic mass is 32.2. The molecule has 18 heavy (non-hydrogen) atoms. The third-order valence-corrected chi connectivity index (χ3v) is 3.24. The topological polar surface area (TPSA) is 86.7 Å². The average Bonchev–Trinajstić information content (AvgIpc) is 2.72. The third-order valence-electron chi connectivity index (χ3n) is 2.48. The second-order valence-corrected chi connectivity index (χ2v) is 5.69. The molecule has 1 unspecified atom stereocenters. The molecule has 2 rings (SSSR count). The van der Waals surface area contributed by atoms with Crippen LogP contribution >= 0.6 is 0 Å². The highest BCUT2D eigenvalue weighted by Gasteiger charge is 2.10. The first kappa shape index (κ1) is 12.7. The summed E-state index contributed by atoms with van der Waals surface area (Å²) in [6, 6.07) is 5.69. The highest BCUT2D eigenvalue weighted by molar-refractivity contribution is 7.84. The summed E-state index contributed by atoms with van der Waals surface area (Å²) in [5.74, 6) is 1.18. The fourth-order valence-electron chi connectivity index (χ4n) is 1.72. The van der Waals surface area contributed by atoms with E-state index in [0.717, 1.165) is 11.1 Å². The molecular formula is C11H15N5OS. The van der Waals surface area contributed by atoms with Gasteiger partial charge in [0.2, 0.25) is 0 Å². The summed E-state index contributed by atoms with van der Waals surface area (Å²) < 4.78 is 12.8. The SMILES string of the molecule is Cc1cc(N)cc(-c2nnnn2CCS(C)=O)c1. The summed E-state index contributed by atoms with van der Waals surface area (Å²) in [5.41, 5.74) is 8.42. The maximum atomic E-state index is 11.1. The van der Waals surface area contributed by atoms with Crippen molar-refractivity contribution >= 4 is 16.5 Å². The number of nitrogens with two attached hydrogens (primary N) is 1. The van der Waals surface area contributed by atoms with Crippen molar-refractivity contribution in [2.24, 2.45) is 0 Å². The van der Waals surface area contributed by atoms with Crippen molar-refractivity contribution in [1.82, 2.24) is 20.2 Å². The summed E-state index contributed by atoms with van der Waals surface area (Å²) in [5, 5.41) is 11.6. The number of rotatable bonds is 4. The minimum absolute atomic E-state index is 0.527. The largest absolute Gasteiger partial charge is 0.399 e. The van der Waals surface area contributed by atoms with E-state index in [0.29, 0.717) is 23.8 Å². The van der Waals surface area contributed by atoms with Gasteiger partial charge in [-0.15, -0.1) is 5.10 Å². The van der Waals surface area contributed by atoms with Crippen LogP contribution in [0.2, 0.25) is 0 Å². The zero-order valence-electron chi connectivity index (χ0n) is 10.3. The molecule has 6 nitrogen and oxygen atoms in total. The number of anilines is 1. The number of aromatic nitrogens is 4. The molecule has 96 valence electrons. The zero-order chi connectivity index (χ0) is 13.1. The van der Waals surface area contributed by atoms with E-state index in [1.165, 1.54) is 0 Å². The first-order chi connectivity index (χ1) is 8.56. The molecule has 1 aromatic heterocycles. The van der Waals surface area contributed by atoms with Crippen LogP contribution in [-0.4, -0.2) is 36.4 Å². The Labute approximate surface area is 108 Å². The number of hydrogen-bond donors (Lipinski definition) is 1. The molecule has 0 fully saturated rings. The van der Waals surface area contributed by atoms with Crippen LogP contribution in [-0.2, 0) is 17.3 Å². The zero-order valence-corrected chi connectivity index (χ0v) is 11.1.